The van der Waals surface area contributed by atoms with E-state index in [2.05, 4.69) is 32.6 Å². The van der Waals surface area contributed by atoms with Crippen LogP contribution in [0.4, 0.5) is 0 Å². The minimum atomic E-state index is 0.666. The summed E-state index contributed by atoms with van der Waals surface area (Å²) in [6, 6.07) is 1.58. The van der Waals surface area contributed by atoms with Gasteiger partial charge in [-0.05, 0) is 44.6 Å². The van der Waals surface area contributed by atoms with Gasteiger partial charge in [-0.1, -0.05) is 20.8 Å². The average molecular weight is 212 g/mol. The molecule has 0 aliphatic carbocycles. The summed E-state index contributed by atoms with van der Waals surface area (Å²) in [5.74, 6) is 1.37. The smallest absolute Gasteiger partial charge is 0.00961 e. The molecular weight excluding hydrogens is 184 g/mol. The van der Waals surface area contributed by atoms with E-state index in [1.54, 1.807) is 0 Å². The van der Waals surface area contributed by atoms with Crippen molar-refractivity contribution >= 4 is 0 Å². The second-order valence-corrected chi connectivity index (χ2v) is 5.43. The monoisotopic (exact) mass is 212 g/mol. The van der Waals surface area contributed by atoms with Gasteiger partial charge in [0, 0.05) is 18.6 Å². The normalized spacial score (nSPS) is 30.0. The molecule has 1 aliphatic rings. The predicted molar refractivity (Wildman–Crippen MR) is 66.9 cm³/mol. The average Bonchev–Trinajstić information content (AvgIpc) is 2.55. The Bertz CT molecular complexity index is 179. The SMILES string of the molecule is CCC1CCC(C)N1CC(CN)C(C)C. The maximum absolute atomic E-state index is 5.86. The maximum Gasteiger partial charge on any atom is 0.00961 e. The van der Waals surface area contributed by atoms with Gasteiger partial charge in [-0.15, -0.1) is 0 Å². The van der Waals surface area contributed by atoms with Gasteiger partial charge in [0.15, 0.2) is 0 Å². The second-order valence-electron chi connectivity index (χ2n) is 5.43. The summed E-state index contributed by atoms with van der Waals surface area (Å²) in [7, 11) is 0. The zero-order valence-corrected chi connectivity index (χ0v) is 10.9. The summed E-state index contributed by atoms with van der Waals surface area (Å²) < 4.78 is 0. The van der Waals surface area contributed by atoms with Gasteiger partial charge in [0.2, 0.25) is 0 Å². The van der Waals surface area contributed by atoms with E-state index in [1.165, 1.54) is 25.8 Å². The van der Waals surface area contributed by atoms with Crippen molar-refractivity contribution in [3.63, 3.8) is 0 Å². The summed E-state index contributed by atoms with van der Waals surface area (Å²) >= 11 is 0. The van der Waals surface area contributed by atoms with Crippen molar-refractivity contribution in [3.05, 3.63) is 0 Å². The first-order chi connectivity index (χ1) is 7.10. The lowest BCUT2D eigenvalue weighted by atomic mass is 9.95. The van der Waals surface area contributed by atoms with Crippen LogP contribution in [-0.2, 0) is 0 Å². The zero-order valence-electron chi connectivity index (χ0n) is 10.9. The van der Waals surface area contributed by atoms with Crippen LogP contribution >= 0.6 is 0 Å². The number of hydrogen-bond donors (Lipinski definition) is 1. The topological polar surface area (TPSA) is 29.3 Å². The summed E-state index contributed by atoms with van der Waals surface area (Å²) in [6.07, 6.45) is 4.04. The molecule has 0 bridgehead atoms. The Hall–Kier alpha value is -0.0800. The highest BCUT2D eigenvalue weighted by atomic mass is 15.2. The molecule has 1 rings (SSSR count). The Labute approximate surface area is 95.2 Å². The van der Waals surface area contributed by atoms with E-state index >= 15 is 0 Å². The molecule has 2 nitrogen and oxygen atoms in total. The number of hydrogen-bond acceptors (Lipinski definition) is 2. The number of nitrogens with two attached hydrogens (primary N) is 1. The molecule has 1 saturated heterocycles. The first-order valence-corrected chi connectivity index (χ1v) is 6.55. The van der Waals surface area contributed by atoms with E-state index in [9.17, 15) is 0 Å². The molecular formula is C13H28N2. The molecule has 1 aliphatic heterocycles. The molecule has 1 heterocycles. The standard InChI is InChI=1S/C13H28N2/c1-5-13-7-6-11(4)15(13)9-12(8-14)10(2)3/h10-13H,5-9,14H2,1-4H3. The van der Waals surface area contributed by atoms with Gasteiger partial charge in [-0.2, -0.15) is 0 Å². The van der Waals surface area contributed by atoms with Gasteiger partial charge in [0.05, 0.1) is 0 Å². The Morgan fingerprint density at radius 3 is 2.47 bits per heavy atom. The van der Waals surface area contributed by atoms with Crippen LogP contribution < -0.4 is 5.73 Å². The predicted octanol–water partition coefficient (Wildman–Crippen LogP) is 2.48. The molecule has 2 heteroatoms. The Balaban J connectivity index is 2.53. The number of likely N-dealkylation sites (tertiary alicyclic amines) is 1. The molecule has 3 unspecified atom stereocenters. The van der Waals surface area contributed by atoms with Crippen LogP contribution in [-0.4, -0.2) is 30.1 Å². The Morgan fingerprint density at radius 2 is 2.00 bits per heavy atom. The van der Waals surface area contributed by atoms with Crippen molar-refractivity contribution in [1.82, 2.24) is 4.90 Å². The summed E-state index contributed by atoms with van der Waals surface area (Å²) in [6.45, 7) is 11.3. The molecule has 3 atom stereocenters. The highest BCUT2D eigenvalue weighted by Crippen LogP contribution is 2.27. The van der Waals surface area contributed by atoms with Gasteiger partial charge in [-0.3, -0.25) is 4.90 Å². The van der Waals surface area contributed by atoms with Crippen LogP contribution in [0.15, 0.2) is 0 Å². The Kier molecular flexibility index (Phi) is 5.07. The van der Waals surface area contributed by atoms with Gasteiger partial charge in [-0.25, -0.2) is 0 Å². The van der Waals surface area contributed by atoms with Crippen molar-refractivity contribution in [1.29, 1.82) is 0 Å². The minimum Gasteiger partial charge on any atom is -0.330 e. The largest absolute Gasteiger partial charge is 0.330 e. The second kappa shape index (κ2) is 5.86. The van der Waals surface area contributed by atoms with Gasteiger partial charge < -0.3 is 5.73 Å². The lowest BCUT2D eigenvalue weighted by molar-refractivity contribution is 0.150. The van der Waals surface area contributed by atoms with Crippen molar-refractivity contribution in [2.45, 2.75) is 59.0 Å². The molecule has 0 amide bonds. The van der Waals surface area contributed by atoms with Crippen molar-refractivity contribution in [2.75, 3.05) is 13.1 Å². The Morgan fingerprint density at radius 1 is 1.33 bits per heavy atom. The molecule has 15 heavy (non-hydrogen) atoms. The van der Waals surface area contributed by atoms with Gasteiger partial charge >= 0.3 is 0 Å². The maximum atomic E-state index is 5.86. The highest BCUT2D eigenvalue weighted by Gasteiger charge is 2.31. The van der Waals surface area contributed by atoms with Crippen molar-refractivity contribution < 1.29 is 0 Å². The lowest BCUT2D eigenvalue weighted by Crippen LogP contribution is -2.41. The molecule has 1 fully saturated rings. The third-order valence-corrected chi connectivity index (χ3v) is 4.11. The lowest BCUT2D eigenvalue weighted by Gasteiger charge is -2.32. The molecule has 0 saturated carbocycles. The van der Waals surface area contributed by atoms with E-state index in [4.69, 9.17) is 5.73 Å². The summed E-state index contributed by atoms with van der Waals surface area (Å²) in [5.41, 5.74) is 5.86. The molecule has 0 radical (unpaired) electrons. The third kappa shape index (κ3) is 3.18. The van der Waals surface area contributed by atoms with Crippen molar-refractivity contribution in [3.8, 4) is 0 Å². The van der Waals surface area contributed by atoms with Gasteiger partial charge in [0.1, 0.15) is 0 Å². The molecule has 0 aromatic heterocycles. The molecule has 0 spiro atoms. The van der Waals surface area contributed by atoms with E-state index in [-0.39, 0.29) is 0 Å². The molecule has 0 aromatic rings. The van der Waals surface area contributed by atoms with Gasteiger partial charge in [0.25, 0.3) is 0 Å². The molecule has 0 aromatic carbocycles. The van der Waals surface area contributed by atoms with Crippen LogP contribution in [0.3, 0.4) is 0 Å². The number of rotatable bonds is 5. The van der Waals surface area contributed by atoms with Crippen LogP contribution in [0.25, 0.3) is 0 Å². The van der Waals surface area contributed by atoms with Crippen LogP contribution in [0.2, 0.25) is 0 Å². The third-order valence-electron chi connectivity index (χ3n) is 4.11. The first kappa shape index (κ1) is 13.0. The quantitative estimate of drug-likeness (QED) is 0.758. The van der Waals surface area contributed by atoms with E-state index in [0.717, 1.165) is 18.6 Å². The molecule has 2 N–H and O–H groups in total. The van der Waals surface area contributed by atoms with Crippen LogP contribution in [0.5, 0.6) is 0 Å². The van der Waals surface area contributed by atoms with Crippen LogP contribution in [0, 0.1) is 11.8 Å². The highest BCUT2D eigenvalue weighted by molar-refractivity contribution is 4.86. The fraction of sp³-hybridized carbons (Fsp3) is 1.00. The minimum absolute atomic E-state index is 0.666. The van der Waals surface area contributed by atoms with E-state index < -0.39 is 0 Å². The summed E-state index contributed by atoms with van der Waals surface area (Å²) in [4.78, 5) is 2.69. The van der Waals surface area contributed by atoms with E-state index in [0.29, 0.717) is 11.8 Å². The van der Waals surface area contributed by atoms with Crippen molar-refractivity contribution in [2.24, 2.45) is 17.6 Å². The van der Waals surface area contributed by atoms with E-state index in [1.807, 2.05) is 0 Å². The number of nitrogens with zero attached hydrogens (tertiary/aromatic N) is 1. The fourth-order valence-corrected chi connectivity index (χ4v) is 2.72. The zero-order chi connectivity index (χ0) is 11.4. The first-order valence-electron chi connectivity index (χ1n) is 6.55. The molecule has 90 valence electrons. The summed E-state index contributed by atoms with van der Waals surface area (Å²) in [5, 5.41) is 0. The van der Waals surface area contributed by atoms with Crippen LogP contribution in [0.1, 0.15) is 47.0 Å². The fourth-order valence-electron chi connectivity index (χ4n) is 2.72.